The van der Waals surface area contributed by atoms with Gasteiger partial charge in [0.25, 0.3) is 0 Å². The van der Waals surface area contributed by atoms with Gasteiger partial charge in [-0.3, -0.25) is 0 Å². The van der Waals surface area contributed by atoms with Crippen LogP contribution in [0.1, 0.15) is 9.67 Å². The maximum atomic E-state index is 11.2. The molecule has 0 aliphatic heterocycles. The highest BCUT2D eigenvalue weighted by molar-refractivity contribution is 9.13. The quantitative estimate of drug-likeness (QED) is 0.760. The number of thiazole rings is 1. The Morgan fingerprint density at radius 2 is 2.31 bits per heavy atom. The fraction of sp³-hybridized carbons (Fsp3) is 0.111. The van der Waals surface area contributed by atoms with E-state index >= 15 is 0 Å². The van der Waals surface area contributed by atoms with Crippen LogP contribution < -0.4 is 0 Å². The minimum absolute atomic E-state index is 0.395. The molecule has 4 nitrogen and oxygen atoms in total. The number of hydrogen-bond acceptors (Lipinski definition) is 5. The number of carbonyl (C=O) groups excluding carboxylic acids is 1. The normalized spacial score (nSPS) is 10.4. The fourth-order valence-corrected chi connectivity index (χ4v) is 2.40. The lowest BCUT2D eigenvalue weighted by Gasteiger charge is -1.90. The van der Waals surface area contributed by atoms with E-state index in [1.54, 1.807) is 6.07 Å². The summed E-state index contributed by atoms with van der Waals surface area (Å²) in [5.41, 5.74) is 0. The van der Waals surface area contributed by atoms with Crippen LogP contribution in [-0.4, -0.2) is 18.1 Å². The third-order valence-electron chi connectivity index (χ3n) is 1.75. The topological polar surface area (TPSA) is 52.3 Å². The molecular formula is C9H5Br2NO3S. The van der Waals surface area contributed by atoms with E-state index in [0.717, 1.165) is 4.47 Å². The van der Waals surface area contributed by atoms with Crippen molar-refractivity contribution < 1.29 is 13.9 Å². The number of esters is 1. The zero-order valence-electron chi connectivity index (χ0n) is 7.99. The number of hydrogen-bond donors (Lipinski definition) is 0. The standard InChI is InChI=1S/C9H5Br2NO3S/c1-14-9(13)6-3-12-8(16-6)5-2-4(10)7(11)15-5/h2-3H,1H3. The molecule has 2 rings (SSSR count). The molecule has 0 saturated carbocycles. The van der Waals surface area contributed by atoms with Gasteiger partial charge in [-0.2, -0.15) is 0 Å². The lowest BCUT2D eigenvalue weighted by molar-refractivity contribution is 0.0606. The van der Waals surface area contributed by atoms with E-state index in [9.17, 15) is 4.79 Å². The van der Waals surface area contributed by atoms with E-state index in [2.05, 4.69) is 41.6 Å². The Morgan fingerprint density at radius 3 is 2.88 bits per heavy atom. The summed E-state index contributed by atoms with van der Waals surface area (Å²) in [6.45, 7) is 0. The number of nitrogens with zero attached hydrogens (tertiary/aromatic N) is 1. The van der Waals surface area contributed by atoms with Crippen molar-refractivity contribution in [2.24, 2.45) is 0 Å². The highest BCUT2D eigenvalue weighted by Gasteiger charge is 2.15. The van der Waals surface area contributed by atoms with E-state index in [-0.39, 0.29) is 0 Å². The van der Waals surface area contributed by atoms with Crippen LogP contribution in [0.25, 0.3) is 10.8 Å². The van der Waals surface area contributed by atoms with E-state index in [1.165, 1.54) is 24.6 Å². The van der Waals surface area contributed by atoms with Gasteiger partial charge in [-0.15, -0.1) is 11.3 Å². The molecule has 0 fully saturated rings. The number of methoxy groups -OCH3 is 1. The molecule has 0 atom stereocenters. The lowest BCUT2D eigenvalue weighted by Crippen LogP contribution is -1.96. The summed E-state index contributed by atoms with van der Waals surface area (Å²) in [4.78, 5) is 15.8. The maximum Gasteiger partial charge on any atom is 0.349 e. The molecule has 0 aliphatic rings. The maximum absolute atomic E-state index is 11.2. The third kappa shape index (κ3) is 2.21. The second-order valence-corrected chi connectivity index (χ2v) is 5.36. The van der Waals surface area contributed by atoms with Gasteiger partial charge in [0.15, 0.2) is 15.4 Å². The van der Waals surface area contributed by atoms with E-state index in [0.29, 0.717) is 20.3 Å². The van der Waals surface area contributed by atoms with Crippen LogP contribution in [0.2, 0.25) is 0 Å². The van der Waals surface area contributed by atoms with Crippen molar-refractivity contribution in [2.75, 3.05) is 7.11 Å². The summed E-state index contributed by atoms with van der Waals surface area (Å²) in [6.07, 6.45) is 1.47. The molecule has 16 heavy (non-hydrogen) atoms. The molecule has 0 saturated heterocycles. The Morgan fingerprint density at radius 1 is 1.56 bits per heavy atom. The summed E-state index contributed by atoms with van der Waals surface area (Å²) in [7, 11) is 1.34. The van der Waals surface area contributed by atoms with Crippen LogP contribution >= 0.6 is 43.2 Å². The molecule has 7 heteroatoms. The Labute approximate surface area is 112 Å². The molecule has 0 spiro atoms. The summed E-state index contributed by atoms with van der Waals surface area (Å²) >= 11 is 7.76. The van der Waals surface area contributed by atoms with E-state index in [4.69, 9.17) is 4.42 Å². The summed E-state index contributed by atoms with van der Waals surface area (Å²) in [5.74, 6) is 0.201. The number of carbonyl (C=O) groups is 1. The molecule has 2 aromatic rings. The first kappa shape index (κ1) is 11.8. The number of rotatable bonds is 2. The van der Waals surface area contributed by atoms with Gasteiger partial charge in [0, 0.05) is 6.07 Å². The smallest absolute Gasteiger partial charge is 0.349 e. The van der Waals surface area contributed by atoms with Gasteiger partial charge < -0.3 is 9.15 Å². The molecule has 0 radical (unpaired) electrons. The van der Waals surface area contributed by atoms with Crippen LogP contribution in [0.5, 0.6) is 0 Å². The van der Waals surface area contributed by atoms with E-state index in [1.807, 2.05) is 0 Å². The largest absolute Gasteiger partial charge is 0.465 e. The Hall–Kier alpha value is -0.660. The molecule has 0 bridgehead atoms. The molecule has 2 aromatic heterocycles. The summed E-state index contributed by atoms with van der Waals surface area (Å²) in [6, 6.07) is 1.78. The van der Waals surface area contributed by atoms with Crippen LogP contribution in [-0.2, 0) is 4.74 Å². The molecule has 0 aromatic carbocycles. The van der Waals surface area contributed by atoms with Gasteiger partial charge in [0.05, 0.1) is 17.8 Å². The minimum Gasteiger partial charge on any atom is -0.465 e. The molecule has 0 amide bonds. The van der Waals surface area contributed by atoms with Gasteiger partial charge in [0.1, 0.15) is 4.88 Å². The number of furan rings is 1. The zero-order valence-corrected chi connectivity index (χ0v) is 12.0. The van der Waals surface area contributed by atoms with Gasteiger partial charge in [0.2, 0.25) is 0 Å². The van der Waals surface area contributed by atoms with Crippen molar-refractivity contribution in [3.8, 4) is 10.8 Å². The second kappa shape index (κ2) is 4.68. The predicted molar refractivity (Wildman–Crippen MR) is 66.6 cm³/mol. The molecule has 84 valence electrons. The lowest BCUT2D eigenvalue weighted by atomic mass is 10.5. The molecule has 0 N–H and O–H groups in total. The van der Waals surface area contributed by atoms with E-state index < -0.39 is 5.97 Å². The zero-order chi connectivity index (χ0) is 11.7. The van der Waals surface area contributed by atoms with Crippen LogP contribution in [0.15, 0.2) is 25.8 Å². The molecule has 0 aliphatic carbocycles. The van der Waals surface area contributed by atoms with Crippen molar-refractivity contribution in [3.05, 3.63) is 26.3 Å². The highest BCUT2D eigenvalue weighted by atomic mass is 79.9. The van der Waals surface area contributed by atoms with Crippen LogP contribution in [0, 0.1) is 0 Å². The Bertz CT molecular complexity index is 515. The van der Waals surface area contributed by atoms with Gasteiger partial charge >= 0.3 is 5.97 Å². The molecule has 2 heterocycles. The predicted octanol–water partition coefficient (Wildman–Crippen LogP) is 3.71. The monoisotopic (exact) mass is 365 g/mol. The second-order valence-electron chi connectivity index (χ2n) is 2.75. The van der Waals surface area contributed by atoms with Crippen molar-refractivity contribution in [1.29, 1.82) is 0 Å². The first-order chi connectivity index (χ1) is 7.61. The first-order valence-electron chi connectivity index (χ1n) is 4.11. The number of halogens is 2. The molecule has 0 unspecified atom stereocenters. The highest BCUT2D eigenvalue weighted by Crippen LogP contribution is 2.34. The van der Waals surface area contributed by atoms with Crippen LogP contribution in [0.4, 0.5) is 0 Å². The number of aromatic nitrogens is 1. The average molecular weight is 367 g/mol. The van der Waals surface area contributed by atoms with Crippen molar-refractivity contribution in [2.45, 2.75) is 0 Å². The van der Waals surface area contributed by atoms with Crippen molar-refractivity contribution in [1.82, 2.24) is 4.98 Å². The third-order valence-corrected chi connectivity index (χ3v) is 4.45. The Kier molecular flexibility index (Phi) is 3.46. The average Bonchev–Trinajstić information content (AvgIpc) is 2.86. The van der Waals surface area contributed by atoms with Gasteiger partial charge in [-0.1, -0.05) is 0 Å². The Balaban J connectivity index is 2.35. The summed E-state index contributed by atoms with van der Waals surface area (Å²) in [5, 5.41) is 0.631. The van der Waals surface area contributed by atoms with Crippen LogP contribution in [0.3, 0.4) is 0 Å². The SMILES string of the molecule is COC(=O)c1cnc(-c2cc(Br)c(Br)o2)s1. The molecular weight excluding hydrogens is 362 g/mol. The summed E-state index contributed by atoms with van der Waals surface area (Å²) < 4.78 is 11.4. The fourth-order valence-electron chi connectivity index (χ4n) is 1.03. The first-order valence-corrected chi connectivity index (χ1v) is 6.51. The van der Waals surface area contributed by atoms with Gasteiger partial charge in [-0.25, -0.2) is 9.78 Å². The van der Waals surface area contributed by atoms with Gasteiger partial charge in [-0.05, 0) is 31.9 Å². The minimum atomic E-state index is -0.395. The van der Waals surface area contributed by atoms with Crippen molar-refractivity contribution in [3.63, 3.8) is 0 Å². The van der Waals surface area contributed by atoms with Crippen molar-refractivity contribution >= 4 is 49.2 Å². The number of ether oxygens (including phenoxy) is 1.